The van der Waals surface area contributed by atoms with Crippen molar-refractivity contribution in [2.75, 3.05) is 0 Å². The Balaban J connectivity index is 3.64. The molecular formula is C7HBrCl2N2O3. The van der Waals surface area contributed by atoms with Crippen molar-refractivity contribution in [3.8, 4) is 0 Å². The molecule has 0 aromatic heterocycles. The van der Waals surface area contributed by atoms with Crippen molar-refractivity contribution in [1.82, 2.24) is 0 Å². The first kappa shape index (κ1) is 12.1. The van der Waals surface area contributed by atoms with E-state index in [2.05, 4.69) is 20.9 Å². The molecule has 0 amide bonds. The Morgan fingerprint density at radius 1 is 1.53 bits per heavy atom. The third-order valence-corrected chi connectivity index (χ3v) is 3.26. The van der Waals surface area contributed by atoms with Crippen molar-refractivity contribution in [1.29, 1.82) is 0 Å². The molecule has 0 saturated heterocycles. The van der Waals surface area contributed by atoms with Gasteiger partial charge < -0.3 is 0 Å². The summed E-state index contributed by atoms with van der Waals surface area (Å²) in [6.45, 7) is 0. The van der Waals surface area contributed by atoms with E-state index in [9.17, 15) is 14.9 Å². The molecule has 0 bridgehead atoms. The number of hydrogen-bond acceptors (Lipinski definition) is 4. The summed E-state index contributed by atoms with van der Waals surface area (Å²) in [6, 6.07) is 1.02. The summed E-state index contributed by atoms with van der Waals surface area (Å²) in [6.07, 6.45) is 1.21. The molecular weight excluding hydrogens is 311 g/mol. The van der Waals surface area contributed by atoms with Crippen LogP contribution in [0.1, 0.15) is 0 Å². The monoisotopic (exact) mass is 310 g/mol. The van der Waals surface area contributed by atoms with Crippen LogP contribution in [0.5, 0.6) is 0 Å². The van der Waals surface area contributed by atoms with E-state index in [0.29, 0.717) is 0 Å². The highest BCUT2D eigenvalue weighted by Gasteiger charge is 2.21. The van der Waals surface area contributed by atoms with Gasteiger partial charge in [0.2, 0.25) is 6.08 Å². The number of nitro benzene ring substituents is 1. The van der Waals surface area contributed by atoms with E-state index >= 15 is 0 Å². The fraction of sp³-hybridized carbons (Fsp3) is 0. The summed E-state index contributed by atoms with van der Waals surface area (Å²) < 4.78 is 0.0896. The van der Waals surface area contributed by atoms with Crippen molar-refractivity contribution in [3.63, 3.8) is 0 Å². The summed E-state index contributed by atoms with van der Waals surface area (Å²) in [4.78, 5) is 23.2. The average molecular weight is 312 g/mol. The van der Waals surface area contributed by atoms with Crippen LogP contribution in [-0.2, 0) is 4.79 Å². The Kier molecular flexibility index (Phi) is 3.82. The minimum absolute atomic E-state index is 0.0000839. The number of aliphatic imine (C=N–C) groups is 1. The van der Waals surface area contributed by atoms with Crippen molar-refractivity contribution < 1.29 is 9.72 Å². The molecule has 0 saturated carbocycles. The number of benzene rings is 1. The second kappa shape index (κ2) is 4.72. The van der Waals surface area contributed by atoms with Crippen LogP contribution < -0.4 is 0 Å². The number of carbonyl (C=O) groups excluding carboxylic acids is 1. The first-order valence-electron chi connectivity index (χ1n) is 3.38. The fourth-order valence-electron chi connectivity index (χ4n) is 0.864. The number of halogens is 3. The third-order valence-electron chi connectivity index (χ3n) is 1.47. The van der Waals surface area contributed by atoms with Crippen LogP contribution in [0.2, 0.25) is 10.0 Å². The van der Waals surface area contributed by atoms with Gasteiger partial charge in [-0.2, -0.15) is 4.99 Å². The van der Waals surface area contributed by atoms with Crippen LogP contribution in [0.25, 0.3) is 0 Å². The van der Waals surface area contributed by atoms with Gasteiger partial charge in [0.05, 0.1) is 19.4 Å². The van der Waals surface area contributed by atoms with Crippen LogP contribution in [0, 0.1) is 10.1 Å². The number of nitrogens with zero attached hydrogens (tertiary/aromatic N) is 2. The van der Waals surface area contributed by atoms with Crippen LogP contribution in [-0.4, -0.2) is 11.0 Å². The summed E-state index contributed by atoms with van der Waals surface area (Å²) >= 11 is 14.3. The number of isocyanates is 1. The van der Waals surface area contributed by atoms with Gasteiger partial charge in [-0.3, -0.25) is 10.1 Å². The molecule has 78 valence electrons. The number of nitro groups is 1. The predicted molar refractivity (Wildman–Crippen MR) is 58.6 cm³/mol. The Bertz CT molecular complexity index is 486. The Morgan fingerprint density at radius 3 is 2.60 bits per heavy atom. The molecule has 0 unspecified atom stereocenters. The molecule has 0 aliphatic rings. The highest BCUT2D eigenvalue weighted by molar-refractivity contribution is 9.10. The van der Waals surface area contributed by atoms with Crippen LogP contribution in [0.3, 0.4) is 0 Å². The molecule has 0 aliphatic heterocycles. The lowest BCUT2D eigenvalue weighted by Gasteiger charge is -2.02. The second-order valence-electron chi connectivity index (χ2n) is 2.31. The molecule has 0 fully saturated rings. The van der Waals surface area contributed by atoms with Crippen molar-refractivity contribution in [3.05, 3.63) is 30.7 Å². The molecule has 15 heavy (non-hydrogen) atoms. The van der Waals surface area contributed by atoms with E-state index in [1.165, 1.54) is 6.08 Å². The van der Waals surface area contributed by atoms with Crippen LogP contribution in [0.15, 0.2) is 15.5 Å². The fourth-order valence-corrected chi connectivity index (χ4v) is 1.83. The Morgan fingerprint density at radius 2 is 2.13 bits per heavy atom. The summed E-state index contributed by atoms with van der Waals surface area (Å²) in [5, 5.41) is 10.7. The van der Waals surface area contributed by atoms with Gasteiger partial charge in [0.25, 0.3) is 5.69 Å². The van der Waals surface area contributed by atoms with Crippen molar-refractivity contribution in [2.45, 2.75) is 0 Å². The molecule has 0 radical (unpaired) electrons. The first-order valence-corrected chi connectivity index (χ1v) is 4.93. The zero-order chi connectivity index (χ0) is 11.6. The van der Waals surface area contributed by atoms with Gasteiger partial charge in [-0.25, -0.2) is 4.79 Å². The lowest BCUT2D eigenvalue weighted by Crippen LogP contribution is -1.90. The SMILES string of the molecule is O=C=Nc1c([N+](=O)[O-])cc(Cl)c(Cl)c1Br. The van der Waals surface area contributed by atoms with Gasteiger partial charge in [-0.1, -0.05) is 23.2 Å². The van der Waals surface area contributed by atoms with Gasteiger partial charge in [0, 0.05) is 6.07 Å². The quantitative estimate of drug-likeness (QED) is 0.275. The van der Waals surface area contributed by atoms with Gasteiger partial charge in [-0.15, -0.1) is 0 Å². The number of rotatable bonds is 2. The van der Waals surface area contributed by atoms with Gasteiger partial charge >= 0.3 is 0 Å². The van der Waals surface area contributed by atoms with Gasteiger partial charge in [-0.05, 0) is 15.9 Å². The number of hydrogen-bond donors (Lipinski definition) is 0. The molecule has 0 heterocycles. The Hall–Kier alpha value is -0.940. The van der Waals surface area contributed by atoms with E-state index < -0.39 is 10.6 Å². The maximum absolute atomic E-state index is 10.6. The van der Waals surface area contributed by atoms with Crippen LogP contribution in [0.4, 0.5) is 11.4 Å². The normalized spacial score (nSPS) is 9.53. The molecule has 1 rings (SSSR count). The zero-order valence-electron chi connectivity index (χ0n) is 6.83. The van der Waals surface area contributed by atoms with E-state index in [4.69, 9.17) is 23.2 Å². The highest BCUT2D eigenvalue weighted by Crippen LogP contribution is 2.43. The van der Waals surface area contributed by atoms with E-state index in [1.54, 1.807) is 0 Å². The molecule has 1 aromatic rings. The maximum atomic E-state index is 10.6. The smallest absolute Gasteiger partial charge is 0.258 e. The third kappa shape index (κ3) is 2.35. The molecule has 0 atom stereocenters. The highest BCUT2D eigenvalue weighted by atomic mass is 79.9. The molecule has 0 aliphatic carbocycles. The molecule has 1 aromatic carbocycles. The predicted octanol–water partition coefficient (Wildman–Crippen LogP) is 3.63. The maximum Gasteiger partial charge on any atom is 0.298 e. The summed E-state index contributed by atoms with van der Waals surface area (Å²) in [5.41, 5.74) is -0.621. The molecule has 5 nitrogen and oxygen atoms in total. The molecule has 8 heteroatoms. The van der Waals surface area contributed by atoms with E-state index in [-0.39, 0.29) is 20.2 Å². The lowest BCUT2D eigenvalue weighted by atomic mass is 10.3. The standard InChI is InChI=1S/C7HBrCl2N2O3/c8-5-6(10)3(9)1-4(12(14)15)7(5)11-2-13/h1H. The largest absolute Gasteiger partial charge is 0.298 e. The van der Waals surface area contributed by atoms with E-state index in [0.717, 1.165) is 6.07 Å². The van der Waals surface area contributed by atoms with Gasteiger partial charge in [0.15, 0.2) is 5.69 Å². The van der Waals surface area contributed by atoms with Gasteiger partial charge in [0.1, 0.15) is 0 Å². The first-order chi connectivity index (χ1) is 6.99. The minimum Gasteiger partial charge on any atom is -0.258 e. The van der Waals surface area contributed by atoms with Crippen molar-refractivity contribution in [2.24, 2.45) is 4.99 Å². The summed E-state index contributed by atoms with van der Waals surface area (Å²) in [5.74, 6) is 0. The van der Waals surface area contributed by atoms with Crippen LogP contribution >= 0.6 is 39.1 Å². The molecule has 0 spiro atoms. The van der Waals surface area contributed by atoms with Crippen molar-refractivity contribution >= 4 is 56.6 Å². The molecule has 0 N–H and O–H groups in total. The average Bonchev–Trinajstić information content (AvgIpc) is 2.18. The lowest BCUT2D eigenvalue weighted by molar-refractivity contribution is -0.384. The zero-order valence-corrected chi connectivity index (χ0v) is 9.93. The minimum atomic E-state index is -0.719. The summed E-state index contributed by atoms with van der Waals surface area (Å²) in [7, 11) is 0. The van der Waals surface area contributed by atoms with E-state index in [1.807, 2.05) is 0 Å². The second-order valence-corrected chi connectivity index (χ2v) is 3.89. The topological polar surface area (TPSA) is 72.6 Å². The Labute approximate surface area is 102 Å².